The summed E-state index contributed by atoms with van der Waals surface area (Å²) in [6, 6.07) is 0. The summed E-state index contributed by atoms with van der Waals surface area (Å²) in [4.78, 5) is 15.3. The van der Waals surface area contributed by atoms with Gasteiger partial charge < -0.3 is 9.79 Å². The number of hydrogen-bond acceptors (Lipinski definition) is 3. The van der Waals surface area contributed by atoms with Crippen LogP contribution in [0, 0.1) is 0 Å². The van der Waals surface area contributed by atoms with E-state index in [2.05, 4.69) is 0 Å². The SMILES string of the molecule is O=PO.O=P[O-].[Na+]. The van der Waals surface area contributed by atoms with Crippen molar-refractivity contribution in [3.05, 3.63) is 0 Å². The summed E-state index contributed by atoms with van der Waals surface area (Å²) < 4.78 is 16.8. The first kappa shape index (κ1) is 15.7. The average molecular weight is 150 g/mol. The first-order valence-electron chi connectivity index (χ1n) is 0.748. The fourth-order valence-corrected chi connectivity index (χ4v) is 0. The largest absolute Gasteiger partial charge is 1.00 e. The van der Waals surface area contributed by atoms with Crippen LogP contribution in [0.5, 0.6) is 0 Å². The first-order chi connectivity index (χ1) is 2.83. The normalized spacial score (nSPS) is 6.00. The van der Waals surface area contributed by atoms with Gasteiger partial charge in [0.1, 0.15) is 0 Å². The molecular formula is HNaO4P2. The van der Waals surface area contributed by atoms with E-state index in [1.807, 2.05) is 0 Å². The van der Waals surface area contributed by atoms with E-state index in [9.17, 15) is 0 Å². The van der Waals surface area contributed by atoms with Crippen LogP contribution < -0.4 is 34.5 Å². The van der Waals surface area contributed by atoms with Crippen molar-refractivity contribution in [2.75, 3.05) is 0 Å². The maximum absolute atomic E-state index is 8.46. The molecule has 4 nitrogen and oxygen atoms in total. The molecule has 0 aromatic carbocycles. The molecule has 0 aromatic heterocycles. The number of hydrogen-bond donors (Lipinski definition) is 1. The molecule has 0 aliphatic heterocycles. The van der Waals surface area contributed by atoms with Gasteiger partial charge in [-0.2, -0.15) is 0 Å². The molecule has 0 fully saturated rings. The molecule has 1 N–H and O–H groups in total. The molecule has 0 saturated heterocycles. The predicted octanol–water partition coefficient (Wildman–Crippen LogP) is -3.26. The van der Waals surface area contributed by atoms with Crippen LogP contribution in [0.4, 0.5) is 0 Å². The van der Waals surface area contributed by atoms with Crippen molar-refractivity contribution >= 4 is 17.4 Å². The Balaban J connectivity index is -0.0000000400. The van der Waals surface area contributed by atoms with Crippen molar-refractivity contribution in [2.24, 2.45) is 0 Å². The van der Waals surface area contributed by atoms with E-state index >= 15 is 0 Å². The van der Waals surface area contributed by atoms with E-state index in [1.165, 1.54) is 0 Å². The van der Waals surface area contributed by atoms with Gasteiger partial charge in [-0.15, -0.1) is 0 Å². The third-order valence-electron chi connectivity index (χ3n) is 0. The molecule has 0 saturated carbocycles. The Morgan fingerprint density at radius 1 is 1.43 bits per heavy atom. The van der Waals surface area contributed by atoms with Gasteiger partial charge in [-0.1, -0.05) is 0 Å². The van der Waals surface area contributed by atoms with E-state index < -0.39 is 17.4 Å². The zero-order valence-electron chi connectivity index (χ0n) is 3.57. The summed E-state index contributed by atoms with van der Waals surface area (Å²) in [7, 11) is -1.92. The van der Waals surface area contributed by atoms with Gasteiger partial charge in [0.15, 0.2) is 0 Å². The summed E-state index contributed by atoms with van der Waals surface area (Å²) in [5.74, 6) is 0. The van der Waals surface area contributed by atoms with Crippen LogP contribution in [-0.4, -0.2) is 4.89 Å². The molecule has 0 rings (SSSR count). The van der Waals surface area contributed by atoms with E-state index in [0.29, 0.717) is 0 Å². The summed E-state index contributed by atoms with van der Waals surface area (Å²) in [6.07, 6.45) is 0. The zero-order chi connectivity index (χ0) is 5.41. The summed E-state index contributed by atoms with van der Waals surface area (Å²) in [5, 5.41) is 0. The average Bonchev–Trinajstić information content (AvgIpc) is 1.39. The van der Waals surface area contributed by atoms with Crippen LogP contribution in [0.25, 0.3) is 0 Å². The van der Waals surface area contributed by atoms with Crippen molar-refractivity contribution in [1.29, 1.82) is 0 Å². The quantitative estimate of drug-likeness (QED) is 0.290. The van der Waals surface area contributed by atoms with Gasteiger partial charge in [-0.25, -0.2) is 4.57 Å². The summed E-state index contributed by atoms with van der Waals surface area (Å²) in [6.45, 7) is 0. The van der Waals surface area contributed by atoms with Crippen molar-refractivity contribution in [1.82, 2.24) is 0 Å². The molecule has 0 bridgehead atoms. The third-order valence-corrected chi connectivity index (χ3v) is 0. The molecule has 0 heterocycles. The summed E-state index contributed by atoms with van der Waals surface area (Å²) >= 11 is 0. The van der Waals surface area contributed by atoms with Gasteiger partial charge in [0.05, 0.1) is 8.69 Å². The molecule has 0 aromatic rings. The van der Waals surface area contributed by atoms with Crippen LogP contribution in [0.3, 0.4) is 0 Å². The molecule has 0 aliphatic rings. The zero-order valence-corrected chi connectivity index (χ0v) is 7.36. The van der Waals surface area contributed by atoms with Crippen LogP contribution in [-0.2, 0) is 9.13 Å². The fourth-order valence-electron chi connectivity index (χ4n) is 0. The van der Waals surface area contributed by atoms with Crippen molar-refractivity contribution in [2.45, 2.75) is 0 Å². The minimum absolute atomic E-state index is 0. The van der Waals surface area contributed by atoms with Crippen LogP contribution >= 0.6 is 17.4 Å². The van der Waals surface area contributed by atoms with Crippen LogP contribution in [0.1, 0.15) is 0 Å². The molecule has 0 unspecified atom stereocenters. The molecule has 36 valence electrons. The second-order valence-electron chi connectivity index (χ2n) is 0.156. The van der Waals surface area contributed by atoms with Crippen molar-refractivity contribution < 1.29 is 48.5 Å². The van der Waals surface area contributed by atoms with Gasteiger partial charge in [-0.05, 0) is 0 Å². The first-order valence-corrected chi connectivity index (χ1v) is 2.24. The maximum Gasteiger partial charge on any atom is 1.00 e. The maximum atomic E-state index is 8.46. The van der Waals surface area contributed by atoms with Gasteiger partial charge >= 0.3 is 38.2 Å². The monoisotopic (exact) mass is 150 g/mol. The molecule has 0 radical (unpaired) electrons. The second-order valence-corrected chi connectivity index (χ2v) is 0.469. The Morgan fingerprint density at radius 2 is 1.43 bits per heavy atom. The van der Waals surface area contributed by atoms with E-state index in [0.717, 1.165) is 0 Å². The molecule has 7 heavy (non-hydrogen) atoms. The van der Waals surface area contributed by atoms with Gasteiger partial charge in [0, 0.05) is 0 Å². The Labute approximate surface area is 65.8 Å². The molecule has 0 aliphatic carbocycles. The van der Waals surface area contributed by atoms with Gasteiger partial charge in [0.25, 0.3) is 0 Å². The molecule has 0 atom stereocenters. The van der Waals surface area contributed by atoms with Gasteiger partial charge in [-0.3, -0.25) is 4.57 Å². The molecule has 0 amide bonds. The van der Waals surface area contributed by atoms with E-state index in [4.69, 9.17) is 18.9 Å². The predicted molar refractivity (Wildman–Crippen MR) is 17.4 cm³/mol. The second kappa shape index (κ2) is 27.4. The van der Waals surface area contributed by atoms with E-state index in [-0.39, 0.29) is 29.6 Å². The number of rotatable bonds is 0. The molecule has 0 spiro atoms. The standard InChI is InChI=1S/Na.2HO2P/c;2*1-3-2/h;2*(H,1,2)/q+1;;/p-1. The summed E-state index contributed by atoms with van der Waals surface area (Å²) in [5.41, 5.74) is 0. The Morgan fingerprint density at radius 3 is 1.43 bits per heavy atom. The Kier molecular flexibility index (Phi) is 61.5. The van der Waals surface area contributed by atoms with Crippen LogP contribution in [0.2, 0.25) is 0 Å². The third kappa shape index (κ3) is 149. The topological polar surface area (TPSA) is 77.4 Å². The smallest absolute Gasteiger partial charge is 0.772 e. The van der Waals surface area contributed by atoms with Crippen molar-refractivity contribution in [3.8, 4) is 0 Å². The minimum Gasteiger partial charge on any atom is -0.772 e. The molecule has 7 heteroatoms. The minimum atomic E-state index is -1.08. The van der Waals surface area contributed by atoms with Gasteiger partial charge in [0.2, 0.25) is 0 Å². The Bertz CT molecular complexity index is 30.7. The van der Waals surface area contributed by atoms with Crippen LogP contribution in [0.15, 0.2) is 0 Å². The Hall–Kier alpha value is 1.12. The van der Waals surface area contributed by atoms with E-state index in [1.54, 1.807) is 0 Å². The van der Waals surface area contributed by atoms with Crippen molar-refractivity contribution in [3.63, 3.8) is 0 Å². The molecular weight excluding hydrogens is 149 g/mol. The fraction of sp³-hybridized carbons (Fsp3) is 0.